The zero-order chi connectivity index (χ0) is 13.4. The molecule has 19 heavy (non-hydrogen) atoms. The monoisotopic (exact) mass is 259 g/mol. The maximum absolute atomic E-state index is 10.9. The molecule has 0 spiro atoms. The van der Waals surface area contributed by atoms with E-state index in [0.717, 1.165) is 5.52 Å². The van der Waals surface area contributed by atoms with Crippen LogP contribution < -0.4 is 0 Å². The molecule has 1 fully saturated rings. The fourth-order valence-corrected chi connectivity index (χ4v) is 3.02. The molecule has 1 unspecified atom stereocenters. The summed E-state index contributed by atoms with van der Waals surface area (Å²) in [5, 5.41) is 17.3. The maximum atomic E-state index is 10.9. The Kier molecular flexibility index (Phi) is 2.97. The van der Waals surface area contributed by atoms with Crippen molar-refractivity contribution in [2.24, 2.45) is 5.92 Å². The van der Waals surface area contributed by atoms with Gasteiger partial charge in [-0.25, -0.2) is 9.48 Å². The van der Waals surface area contributed by atoms with E-state index in [4.69, 9.17) is 5.11 Å². The first-order valence-electron chi connectivity index (χ1n) is 6.75. The standard InChI is InChI=1S/C14H17N3O2/c1-9(10-4-2-3-5-10)17-13-7-6-11(14(18)19)8-12(13)15-16-17/h6-10H,2-5H2,1H3,(H,18,19). The third kappa shape index (κ3) is 2.09. The number of hydrogen-bond acceptors (Lipinski definition) is 3. The van der Waals surface area contributed by atoms with Gasteiger partial charge < -0.3 is 5.11 Å². The van der Waals surface area contributed by atoms with Gasteiger partial charge in [-0.05, 0) is 43.9 Å². The predicted octanol–water partition coefficient (Wildman–Crippen LogP) is 2.88. The molecule has 1 heterocycles. The smallest absolute Gasteiger partial charge is 0.335 e. The van der Waals surface area contributed by atoms with E-state index in [9.17, 15) is 4.79 Å². The molecule has 2 aromatic rings. The summed E-state index contributed by atoms with van der Waals surface area (Å²) in [7, 11) is 0. The zero-order valence-electron chi connectivity index (χ0n) is 10.9. The minimum Gasteiger partial charge on any atom is -0.478 e. The summed E-state index contributed by atoms with van der Waals surface area (Å²) in [6.45, 7) is 2.18. The SMILES string of the molecule is CC(C1CCCC1)n1nnc2cc(C(=O)O)ccc21. The van der Waals surface area contributed by atoms with Gasteiger partial charge >= 0.3 is 5.97 Å². The van der Waals surface area contributed by atoms with Gasteiger partial charge in [0, 0.05) is 0 Å². The third-order valence-electron chi connectivity index (χ3n) is 4.19. The molecular weight excluding hydrogens is 242 g/mol. The Morgan fingerprint density at radius 3 is 2.84 bits per heavy atom. The lowest BCUT2D eigenvalue weighted by molar-refractivity contribution is 0.0697. The van der Waals surface area contributed by atoms with Crippen LogP contribution in [-0.4, -0.2) is 26.1 Å². The molecule has 5 heteroatoms. The van der Waals surface area contributed by atoms with Crippen molar-refractivity contribution in [2.75, 3.05) is 0 Å². The Morgan fingerprint density at radius 2 is 2.16 bits per heavy atom. The number of aromatic nitrogens is 3. The van der Waals surface area contributed by atoms with Crippen molar-refractivity contribution in [1.29, 1.82) is 0 Å². The molecule has 0 aliphatic heterocycles. The summed E-state index contributed by atoms with van der Waals surface area (Å²) < 4.78 is 1.94. The van der Waals surface area contributed by atoms with Crippen LogP contribution in [0.15, 0.2) is 18.2 Å². The van der Waals surface area contributed by atoms with Crippen molar-refractivity contribution < 1.29 is 9.90 Å². The van der Waals surface area contributed by atoms with Gasteiger partial charge in [-0.1, -0.05) is 18.1 Å². The molecular formula is C14H17N3O2. The summed E-state index contributed by atoms with van der Waals surface area (Å²) in [4.78, 5) is 10.9. The number of fused-ring (bicyclic) bond motifs is 1. The topological polar surface area (TPSA) is 68.0 Å². The van der Waals surface area contributed by atoms with Gasteiger partial charge in [0.25, 0.3) is 0 Å². The second-order valence-corrected chi connectivity index (χ2v) is 5.33. The Morgan fingerprint density at radius 1 is 1.42 bits per heavy atom. The number of carbonyl (C=O) groups is 1. The summed E-state index contributed by atoms with van der Waals surface area (Å²) in [6.07, 6.45) is 5.08. The maximum Gasteiger partial charge on any atom is 0.335 e. The highest BCUT2D eigenvalue weighted by molar-refractivity contribution is 5.92. The van der Waals surface area contributed by atoms with Crippen LogP contribution >= 0.6 is 0 Å². The van der Waals surface area contributed by atoms with Gasteiger partial charge in [-0.15, -0.1) is 5.10 Å². The zero-order valence-corrected chi connectivity index (χ0v) is 10.9. The van der Waals surface area contributed by atoms with Crippen LogP contribution in [0.4, 0.5) is 0 Å². The summed E-state index contributed by atoms with van der Waals surface area (Å²) >= 11 is 0. The highest BCUT2D eigenvalue weighted by Gasteiger charge is 2.24. The molecule has 1 aromatic heterocycles. The molecule has 0 bridgehead atoms. The Balaban J connectivity index is 1.98. The Bertz CT molecular complexity index is 614. The van der Waals surface area contributed by atoms with Crippen LogP contribution in [0.1, 0.15) is 49.0 Å². The van der Waals surface area contributed by atoms with Crippen LogP contribution in [0.3, 0.4) is 0 Å². The van der Waals surface area contributed by atoms with E-state index in [-0.39, 0.29) is 5.56 Å². The molecule has 1 aromatic carbocycles. The number of rotatable bonds is 3. The Labute approximate surface area is 111 Å². The molecule has 1 saturated carbocycles. The van der Waals surface area contributed by atoms with Crippen LogP contribution in [-0.2, 0) is 0 Å². The third-order valence-corrected chi connectivity index (χ3v) is 4.19. The Hall–Kier alpha value is -1.91. The van der Waals surface area contributed by atoms with Crippen LogP contribution in [0.2, 0.25) is 0 Å². The molecule has 0 amide bonds. The van der Waals surface area contributed by atoms with E-state index in [1.165, 1.54) is 25.7 Å². The van der Waals surface area contributed by atoms with Crippen molar-refractivity contribution in [1.82, 2.24) is 15.0 Å². The molecule has 1 N–H and O–H groups in total. The quantitative estimate of drug-likeness (QED) is 0.920. The second kappa shape index (κ2) is 4.64. The molecule has 1 aliphatic carbocycles. The molecule has 1 atom stereocenters. The van der Waals surface area contributed by atoms with Crippen molar-refractivity contribution >= 4 is 17.0 Å². The molecule has 3 rings (SSSR count). The highest BCUT2D eigenvalue weighted by Crippen LogP contribution is 2.34. The number of carboxylic acid groups (broad SMARTS) is 1. The molecule has 0 radical (unpaired) electrons. The first kappa shape index (κ1) is 12.1. The predicted molar refractivity (Wildman–Crippen MR) is 71.2 cm³/mol. The number of carboxylic acids is 1. The van der Waals surface area contributed by atoms with E-state index in [0.29, 0.717) is 17.5 Å². The minimum absolute atomic E-state index is 0.257. The van der Waals surface area contributed by atoms with Crippen molar-refractivity contribution in [3.63, 3.8) is 0 Å². The lowest BCUT2D eigenvalue weighted by atomic mass is 10.00. The van der Waals surface area contributed by atoms with Gasteiger partial charge in [0.2, 0.25) is 0 Å². The largest absolute Gasteiger partial charge is 0.478 e. The lowest BCUT2D eigenvalue weighted by Crippen LogP contribution is -2.15. The van der Waals surface area contributed by atoms with E-state index < -0.39 is 5.97 Å². The van der Waals surface area contributed by atoms with Gasteiger partial charge in [0.15, 0.2) is 0 Å². The van der Waals surface area contributed by atoms with Crippen molar-refractivity contribution in [3.05, 3.63) is 23.8 Å². The molecule has 1 aliphatic rings. The fourth-order valence-electron chi connectivity index (χ4n) is 3.02. The lowest BCUT2D eigenvalue weighted by Gasteiger charge is -2.19. The van der Waals surface area contributed by atoms with E-state index in [1.807, 2.05) is 10.7 Å². The van der Waals surface area contributed by atoms with Gasteiger partial charge in [0.05, 0.1) is 17.1 Å². The fraction of sp³-hybridized carbons (Fsp3) is 0.500. The molecule has 5 nitrogen and oxygen atoms in total. The summed E-state index contributed by atoms with van der Waals surface area (Å²) in [6, 6.07) is 5.33. The average Bonchev–Trinajstić information content (AvgIpc) is 3.06. The van der Waals surface area contributed by atoms with E-state index in [1.54, 1.807) is 12.1 Å². The first-order valence-corrected chi connectivity index (χ1v) is 6.75. The summed E-state index contributed by atoms with van der Waals surface area (Å²) in [5.74, 6) is -0.274. The van der Waals surface area contributed by atoms with Crippen molar-refractivity contribution in [2.45, 2.75) is 38.6 Å². The number of benzene rings is 1. The highest BCUT2D eigenvalue weighted by atomic mass is 16.4. The summed E-state index contributed by atoms with van der Waals surface area (Å²) in [5.41, 5.74) is 1.84. The first-order chi connectivity index (χ1) is 9.16. The second-order valence-electron chi connectivity index (χ2n) is 5.33. The number of nitrogens with zero attached hydrogens (tertiary/aromatic N) is 3. The van der Waals surface area contributed by atoms with E-state index >= 15 is 0 Å². The molecule has 0 saturated heterocycles. The normalized spacial score (nSPS) is 17.9. The van der Waals surface area contributed by atoms with Crippen LogP contribution in [0.25, 0.3) is 11.0 Å². The van der Waals surface area contributed by atoms with Gasteiger partial charge in [-0.2, -0.15) is 0 Å². The van der Waals surface area contributed by atoms with Gasteiger partial charge in [-0.3, -0.25) is 0 Å². The number of hydrogen-bond donors (Lipinski definition) is 1. The minimum atomic E-state index is -0.930. The number of aromatic carboxylic acids is 1. The average molecular weight is 259 g/mol. The van der Waals surface area contributed by atoms with Crippen LogP contribution in [0, 0.1) is 5.92 Å². The van der Waals surface area contributed by atoms with Crippen LogP contribution in [0.5, 0.6) is 0 Å². The van der Waals surface area contributed by atoms with Crippen molar-refractivity contribution in [3.8, 4) is 0 Å². The van der Waals surface area contributed by atoms with E-state index in [2.05, 4.69) is 17.2 Å². The van der Waals surface area contributed by atoms with Gasteiger partial charge in [0.1, 0.15) is 5.52 Å². The molecule has 100 valence electrons.